The molecule has 0 fully saturated rings. The fourth-order valence-electron chi connectivity index (χ4n) is 2.54. The van der Waals surface area contributed by atoms with Crippen LogP contribution < -0.4 is 0 Å². The summed E-state index contributed by atoms with van der Waals surface area (Å²) in [5.41, 5.74) is 5.76. The molecule has 0 aliphatic heterocycles. The molecule has 0 saturated heterocycles. The second-order valence-corrected chi connectivity index (χ2v) is 4.97. The third-order valence-electron chi connectivity index (χ3n) is 3.62. The van der Waals surface area contributed by atoms with Crippen LogP contribution in [0.5, 0.6) is 0 Å². The molecule has 0 aliphatic rings. The van der Waals surface area contributed by atoms with Gasteiger partial charge in [0.1, 0.15) is 6.29 Å². The van der Waals surface area contributed by atoms with E-state index in [-0.39, 0.29) is 0 Å². The molecular weight excluding hydrogens is 256 g/mol. The van der Waals surface area contributed by atoms with Crippen molar-refractivity contribution in [3.8, 4) is 22.3 Å². The largest absolute Gasteiger partial charge is 0.303 e. The quantitative estimate of drug-likeness (QED) is 0.626. The van der Waals surface area contributed by atoms with Gasteiger partial charge in [0.15, 0.2) is 0 Å². The summed E-state index contributed by atoms with van der Waals surface area (Å²) < 4.78 is 0. The maximum atomic E-state index is 10.8. The van der Waals surface area contributed by atoms with Gasteiger partial charge in [0.25, 0.3) is 0 Å². The zero-order valence-corrected chi connectivity index (χ0v) is 11.7. The van der Waals surface area contributed by atoms with Gasteiger partial charge < -0.3 is 4.79 Å². The first-order chi connectivity index (χ1) is 10.4. The molecule has 0 aliphatic carbocycles. The zero-order chi connectivity index (χ0) is 14.5. The van der Waals surface area contributed by atoms with Gasteiger partial charge in [-0.25, -0.2) is 0 Å². The van der Waals surface area contributed by atoms with Crippen molar-refractivity contribution >= 4 is 6.29 Å². The van der Waals surface area contributed by atoms with E-state index in [1.165, 1.54) is 11.1 Å². The van der Waals surface area contributed by atoms with Gasteiger partial charge in [-0.2, -0.15) is 0 Å². The van der Waals surface area contributed by atoms with E-state index in [0.29, 0.717) is 6.42 Å². The average molecular weight is 272 g/mol. The number of benzene rings is 3. The Morgan fingerprint density at radius 2 is 1.19 bits per heavy atom. The van der Waals surface area contributed by atoms with Gasteiger partial charge in [-0.1, -0.05) is 78.9 Å². The fourth-order valence-corrected chi connectivity index (χ4v) is 2.54. The molecular formula is C20H16O. The fraction of sp³-hybridized carbons (Fsp3) is 0.0500. The molecule has 21 heavy (non-hydrogen) atoms. The normalized spacial score (nSPS) is 10.3. The summed E-state index contributed by atoms with van der Waals surface area (Å²) in [4.78, 5) is 10.8. The third-order valence-corrected chi connectivity index (χ3v) is 3.62. The van der Waals surface area contributed by atoms with Gasteiger partial charge >= 0.3 is 0 Å². The molecule has 0 amide bonds. The Hall–Kier alpha value is -2.67. The van der Waals surface area contributed by atoms with E-state index in [0.717, 1.165) is 23.0 Å². The number of hydrogen-bond donors (Lipinski definition) is 0. The van der Waals surface area contributed by atoms with Gasteiger partial charge in [-0.15, -0.1) is 0 Å². The molecule has 0 aromatic heterocycles. The Bertz CT molecular complexity index is 727. The maximum Gasteiger partial charge on any atom is 0.124 e. The Morgan fingerprint density at radius 3 is 1.90 bits per heavy atom. The van der Waals surface area contributed by atoms with Gasteiger partial charge in [0.05, 0.1) is 0 Å². The van der Waals surface area contributed by atoms with Crippen molar-refractivity contribution < 1.29 is 4.79 Å². The standard InChI is InChI=1S/C20H16O/c21-15-14-18-8-4-5-9-20(18)19-12-10-17(11-13-19)16-6-2-1-3-7-16/h1-13,15H,14H2. The van der Waals surface area contributed by atoms with Crippen LogP contribution in [0.15, 0.2) is 78.9 Å². The third kappa shape index (κ3) is 2.92. The summed E-state index contributed by atoms with van der Waals surface area (Å²) in [6.45, 7) is 0. The van der Waals surface area contributed by atoms with Crippen LogP contribution in [0.1, 0.15) is 5.56 Å². The molecule has 0 N–H and O–H groups in total. The van der Waals surface area contributed by atoms with Crippen molar-refractivity contribution in [2.75, 3.05) is 0 Å². The van der Waals surface area contributed by atoms with Crippen molar-refractivity contribution in [1.29, 1.82) is 0 Å². The van der Waals surface area contributed by atoms with Crippen molar-refractivity contribution in [3.05, 3.63) is 84.4 Å². The van der Waals surface area contributed by atoms with E-state index >= 15 is 0 Å². The molecule has 0 spiro atoms. The van der Waals surface area contributed by atoms with Gasteiger partial charge in [0.2, 0.25) is 0 Å². The number of hydrogen-bond acceptors (Lipinski definition) is 1. The van der Waals surface area contributed by atoms with Crippen molar-refractivity contribution in [2.24, 2.45) is 0 Å². The van der Waals surface area contributed by atoms with Crippen molar-refractivity contribution in [1.82, 2.24) is 0 Å². The second kappa shape index (κ2) is 6.19. The van der Waals surface area contributed by atoms with E-state index in [4.69, 9.17) is 0 Å². The number of aldehydes is 1. The summed E-state index contributed by atoms with van der Waals surface area (Å²) in [5, 5.41) is 0. The molecule has 0 heterocycles. The molecule has 3 aromatic rings. The van der Waals surface area contributed by atoms with E-state index in [9.17, 15) is 4.79 Å². The molecule has 1 nitrogen and oxygen atoms in total. The maximum absolute atomic E-state index is 10.8. The first-order valence-electron chi connectivity index (χ1n) is 7.06. The summed E-state index contributed by atoms with van der Waals surface area (Å²) in [6, 6.07) is 26.9. The predicted molar refractivity (Wildman–Crippen MR) is 87.1 cm³/mol. The molecule has 0 atom stereocenters. The monoisotopic (exact) mass is 272 g/mol. The van der Waals surface area contributed by atoms with Gasteiger partial charge in [-0.05, 0) is 27.8 Å². The van der Waals surface area contributed by atoms with Crippen LogP contribution >= 0.6 is 0 Å². The highest BCUT2D eigenvalue weighted by molar-refractivity contribution is 5.74. The Kier molecular flexibility index (Phi) is 3.92. The lowest BCUT2D eigenvalue weighted by atomic mass is 9.96. The van der Waals surface area contributed by atoms with Crippen molar-refractivity contribution in [2.45, 2.75) is 6.42 Å². The van der Waals surface area contributed by atoms with Crippen LogP contribution in [-0.2, 0) is 11.2 Å². The number of carbonyl (C=O) groups excluding carboxylic acids is 1. The minimum absolute atomic E-state index is 0.455. The Morgan fingerprint density at radius 1 is 0.619 bits per heavy atom. The summed E-state index contributed by atoms with van der Waals surface area (Å²) in [7, 11) is 0. The van der Waals surface area contributed by atoms with E-state index in [2.05, 4.69) is 42.5 Å². The molecule has 0 unspecified atom stereocenters. The topological polar surface area (TPSA) is 17.1 Å². The lowest BCUT2D eigenvalue weighted by Crippen LogP contribution is -1.90. The lowest BCUT2D eigenvalue weighted by Gasteiger charge is -2.08. The molecule has 102 valence electrons. The lowest BCUT2D eigenvalue weighted by molar-refractivity contribution is -0.107. The van der Waals surface area contributed by atoms with Crippen LogP contribution in [0, 0.1) is 0 Å². The van der Waals surface area contributed by atoms with Crippen LogP contribution in [0.3, 0.4) is 0 Å². The second-order valence-electron chi connectivity index (χ2n) is 4.97. The highest BCUT2D eigenvalue weighted by Gasteiger charge is 2.04. The first kappa shape index (κ1) is 13.3. The van der Waals surface area contributed by atoms with E-state index in [1.54, 1.807) is 0 Å². The summed E-state index contributed by atoms with van der Waals surface area (Å²) in [5.74, 6) is 0. The van der Waals surface area contributed by atoms with Crippen LogP contribution in [0.25, 0.3) is 22.3 Å². The van der Waals surface area contributed by atoms with Crippen LogP contribution in [0.2, 0.25) is 0 Å². The molecule has 3 rings (SSSR count). The SMILES string of the molecule is O=CCc1ccccc1-c1ccc(-c2ccccc2)cc1. The van der Waals surface area contributed by atoms with Gasteiger partial charge in [0, 0.05) is 6.42 Å². The number of rotatable bonds is 4. The Labute approximate surface area is 124 Å². The molecule has 0 radical (unpaired) electrons. The van der Waals surface area contributed by atoms with Crippen molar-refractivity contribution in [3.63, 3.8) is 0 Å². The smallest absolute Gasteiger partial charge is 0.124 e. The van der Waals surface area contributed by atoms with E-state index in [1.807, 2.05) is 36.4 Å². The van der Waals surface area contributed by atoms with Crippen LogP contribution in [0.4, 0.5) is 0 Å². The minimum atomic E-state index is 0.455. The minimum Gasteiger partial charge on any atom is -0.303 e. The van der Waals surface area contributed by atoms with Crippen LogP contribution in [-0.4, -0.2) is 6.29 Å². The van der Waals surface area contributed by atoms with Gasteiger partial charge in [-0.3, -0.25) is 0 Å². The highest BCUT2D eigenvalue weighted by atomic mass is 16.1. The number of carbonyl (C=O) groups is 1. The molecule has 0 bridgehead atoms. The molecule has 1 heteroatoms. The molecule has 0 saturated carbocycles. The zero-order valence-electron chi connectivity index (χ0n) is 11.7. The summed E-state index contributed by atoms with van der Waals surface area (Å²) >= 11 is 0. The molecule has 3 aromatic carbocycles. The predicted octanol–water partition coefficient (Wildman–Crippen LogP) is 4.76. The van der Waals surface area contributed by atoms with E-state index < -0.39 is 0 Å². The summed E-state index contributed by atoms with van der Waals surface area (Å²) in [6.07, 6.45) is 1.41. The Balaban J connectivity index is 1.96. The first-order valence-corrected chi connectivity index (χ1v) is 7.06. The highest BCUT2D eigenvalue weighted by Crippen LogP contribution is 2.27. The average Bonchev–Trinajstić information content (AvgIpc) is 2.57.